The highest BCUT2D eigenvalue weighted by Crippen LogP contribution is 2.51. The van der Waals surface area contributed by atoms with Gasteiger partial charge in [-0.1, -0.05) is 18.5 Å². The average molecular weight is 368 g/mol. The van der Waals surface area contributed by atoms with Crippen LogP contribution in [0.4, 0.5) is 5.82 Å². The zero-order valence-electron chi connectivity index (χ0n) is 13.9. The summed E-state index contributed by atoms with van der Waals surface area (Å²) in [6.07, 6.45) is 4.86. The fourth-order valence-electron chi connectivity index (χ4n) is 4.23. The molecular weight excluding hydrogens is 346 g/mol. The summed E-state index contributed by atoms with van der Waals surface area (Å²) in [5, 5.41) is 4.87. The van der Waals surface area contributed by atoms with E-state index in [4.69, 9.17) is 11.6 Å². The van der Waals surface area contributed by atoms with Gasteiger partial charge >= 0.3 is 0 Å². The van der Waals surface area contributed by atoms with E-state index in [1.54, 1.807) is 10.8 Å². The highest BCUT2D eigenvalue weighted by Gasteiger charge is 2.54. The van der Waals surface area contributed by atoms with E-state index in [1.807, 2.05) is 13.0 Å². The first-order valence-corrected chi connectivity index (χ1v) is 9.55. The normalized spacial score (nSPS) is 19.9. The standard InChI is InChI=1S/C16H22ClN5OS/c1-3-4-21(24-23)12-6-16(7-12)8-20(9-16)15-14-11(2)5-13(17)22(14)19-10-18-15/h5,10,12,24H,3-4,6-9H2,1-2H3. The van der Waals surface area contributed by atoms with Crippen molar-refractivity contribution in [2.24, 2.45) is 5.41 Å². The molecule has 0 bridgehead atoms. The van der Waals surface area contributed by atoms with Gasteiger partial charge in [0.1, 0.15) is 17.0 Å². The maximum Gasteiger partial charge on any atom is 0.156 e. The van der Waals surface area contributed by atoms with E-state index in [2.05, 4.69) is 26.2 Å². The Morgan fingerprint density at radius 3 is 2.88 bits per heavy atom. The number of hydrogen-bond acceptors (Lipinski definition) is 4. The molecule has 24 heavy (non-hydrogen) atoms. The van der Waals surface area contributed by atoms with Gasteiger partial charge in [0.15, 0.2) is 5.82 Å². The third-order valence-electron chi connectivity index (χ3n) is 5.35. The molecular formula is C16H22ClN5OS. The Morgan fingerprint density at radius 1 is 1.46 bits per heavy atom. The van der Waals surface area contributed by atoms with E-state index >= 15 is 0 Å². The Bertz CT molecular complexity index is 780. The van der Waals surface area contributed by atoms with E-state index in [-0.39, 0.29) is 11.9 Å². The van der Waals surface area contributed by atoms with Crippen molar-refractivity contribution >= 4 is 34.8 Å². The second-order valence-corrected chi connectivity index (χ2v) is 8.22. The van der Waals surface area contributed by atoms with Gasteiger partial charge in [0, 0.05) is 31.1 Å². The van der Waals surface area contributed by atoms with Crippen LogP contribution in [0.5, 0.6) is 0 Å². The van der Waals surface area contributed by atoms with Gasteiger partial charge in [-0.25, -0.2) is 18.0 Å². The minimum absolute atomic E-state index is 0.165. The lowest BCUT2D eigenvalue weighted by Crippen LogP contribution is -2.66. The van der Waals surface area contributed by atoms with Crippen LogP contribution in [0.3, 0.4) is 0 Å². The molecule has 1 saturated heterocycles. The summed E-state index contributed by atoms with van der Waals surface area (Å²) in [7, 11) is 0. The number of anilines is 1. The van der Waals surface area contributed by atoms with Crippen LogP contribution < -0.4 is 4.90 Å². The van der Waals surface area contributed by atoms with Gasteiger partial charge < -0.3 is 4.90 Å². The van der Waals surface area contributed by atoms with Crippen LogP contribution in [0.25, 0.3) is 5.52 Å². The van der Waals surface area contributed by atoms with E-state index in [9.17, 15) is 4.21 Å². The molecule has 1 spiro atoms. The molecule has 2 aromatic heterocycles. The predicted octanol–water partition coefficient (Wildman–Crippen LogP) is 2.23. The van der Waals surface area contributed by atoms with Crippen molar-refractivity contribution in [2.45, 2.75) is 39.2 Å². The highest BCUT2D eigenvalue weighted by molar-refractivity contribution is 7.63. The fraction of sp³-hybridized carbons (Fsp3) is 0.625. The molecule has 0 N–H and O–H groups in total. The maximum atomic E-state index is 11.3. The Kier molecular flexibility index (Phi) is 4.05. The zero-order valence-corrected chi connectivity index (χ0v) is 15.6. The van der Waals surface area contributed by atoms with E-state index in [0.717, 1.165) is 55.8 Å². The SMILES string of the molecule is CCCN([SH]=O)C1CC2(C1)CN(c1ncnn3c(Cl)cc(C)c13)C2. The fourth-order valence-corrected chi connectivity index (χ4v) is 5.10. The highest BCUT2D eigenvalue weighted by atomic mass is 35.5. The van der Waals surface area contributed by atoms with Gasteiger partial charge in [0.2, 0.25) is 0 Å². The number of nitrogens with zero attached hydrogens (tertiary/aromatic N) is 5. The van der Waals surface area contributed by atoms with Crippen molar-refractivity contribution in [3.63, 3.8) is 0 Å². The molecule has 0 atom stereocenters. The summed E-state index contributed by atoms with van der Waals surface area (Å²) >= 11 is 6.39. The van der Waals surface area contributed by atoms with Gasteiger partial charge in [-0.05, 0) is 37.8 Å². The largest absolute Gasteiger partial charge is 0.354 e. The topological polar surface area (TPSA) is 53.7 Å². The van der Waals surface area contributed by atoms with Crippen LogP contribution in [0.15, 0.2) is 12.4 Å². The Labute approximate surface area is 150 Å². The molecule has 1 saturated carbocycles. The molecule has 4 rings (SSSR count). The number of fused-ring (bicyclic) bond motifs is 1. The number of thiol groups is 1. The summed E-state index contributed by atoms with van der Waals surface area (Å²) in [5.74, 6) is 0.968. The van der Waals surface area contributed by atoms with Crippen molar-refractivity contribution < 1.29 is 4.21 Å². The number of halogens is 1. The van der Waals surface area contributed by atoms with Gasteiger partial charge in [-0.15, -0.1) is 0 Å². The minimum Gasteiger partial charge on any atom is -0.354 e. The predicted molar refractivity (Wildman–Crippen MR) is 96.9 cm³/mol. The lowest BCUT2D eigenvalue weighted by Gasteiger charge is -2.60. The summed E-state index contributed by atoms with van der Waals surface area (Å²) in [6, 6.07) is 2.39. The van der Waals surface area contributed by atoms with Gasteiger partial charge in [0.05, 0.1) is 11.9 Å². The number of rotatable bonds is 5. The Hall–Kier alpha value is -1.18. The first-order chi connectivity index (χ1) is 11.6. The van der Waals surface area contributed by atoms with Gasteiger partial charge in [-0.2, -0.15) is 5.10 Å². The first-order valence-electron chi connectivity index (χ1n) is 8.40. The summed E-state index contributed by atoms with van der Waals surface area (Å²) in [6.45, 7) is 7.09. The van der Waals surface area contributed by atoms with Gasteiger partial charge in [0.25, 0.3) is 0 Å². The van der Waals surface area contributed by atoms with Crippen LogP contribution in [-0.2, 0) is 11.9 Å². The molecule has 0 aromatic carbocycles. The molecule has 1 aliphatic carbocycles. The smallest absolute Gasteiger partial charge is 0.156 e. The van der Waals surface area contributed by atoms with Crippen LogP contribution in [0.2, 0.25) is 5.15 Å². The third-order valence-corrected chi connectivity index (χ3v) is 6.36. The molecule has 2 aromatic rings. The lowest BCUT2D eigenvalue weighted by molar-refractivity contribution is 0.0162. The number of aryl methyl sites for hydroxylation is 1. The number of hydrogen-bond donors (Lipinski definition) is 1. The first kappa shape index (κ1) is 16.3. The van der Waals surface area contributed by atoms with Crippen LogP contribution in [-0.4, -0.2) is 48.8 Å². The van der Waals surface area contributed by atoms with E-state index in [0.29, 0.717) is 16.6 Å². The molecule has 2 fully saturated rings. The van der Waals surface area contributed by atoms with Crippen LogP contribution in [0.1, 0.15) is 31.7 Å². The third kappa shape index (κ3) is 2.45. The average Bonchev–Trinajstić information content (AvgIpc) is 2.79. The minimum atomic E-state index is 0.165. The Balaban J connectivity index is 1.47. The number of aromatic nitrogens is 3. The van der Waals surface area contributed by atoms with Crippen molar-refractivity contribution in [3.05, 3.63) is 23.1 Å². The van der Waals surface area contributed by atoms with Crippen molar-refractivity contribution in [3.8, 4) is 0 Å². The molecule has 2 aliphatic rings. The maximum absolute atomic E-state index is 11.3. The molecule has 0 radical (unpaired) electrons. The summed E-state index contributed by atoms with van der Waals surface area (Å²) in [4.78, 5) is 6.82. The molecule has 8 heteroatoms. The van der Waals surface area contributed by atoms with Crippen molar-refractivity contribution in [1.29, 1.82) is 0 Å². The quantitative estimate of drug-likeness (QED) is 0.823. The van der Waals surface area contributed by atoms with Crippen LogP contribution >= 0.6 is 11.6 Å². The second kappa shape index (κ2) is 5.97. The molecule has 3 heterocycles. The molecule has 1 aliphatic heterocycles. The monoisotopic (exact) mass is 367 g/mol. The molecule has 6 nitrogen and oxygen atoms in total. The van der Waals surface area contributed by atoms with Crippen molar-refractivity contribution in [1.82, 2.24) is 18.9 Å². The molecule has 130 valence electrons. The van der Waals surface area contributed by atoms with Crippen LogP contribution in [0, 0.1) is 12.3 Å². The summed E-state index contributed by atoms with van der Waals surface area (Å²) < 4.78 is 15.1. The van der Waals surface area contributed by atoms with Crippen molar-refractivity contribution in [2.75, 3.05) is 24.5 Å². The second-order valence-electron chi connectivity index (χ2n) is 7.16. The van der Waals surface area contributed by atoms with E-state index in [1.165, 1.54) is 0 Å². The summed E-state index contributed by atoms with van der Waals surface area (Å²) in [5.41, 5.74) is 2.47. The molecule has 0 amide bonds. The lowest BCUT2D eigenvalue weighted by atomic mass is 9.60. The van der Waals surface area contributed by atoms with E-state index < -0.39 is 0 Å². The molecule has 0 unspecified atom stereocenters. The zero-order chi connectivity index (χ0) is 16.9. The Morgan fingerprint density at radius 2 is 2.21 bits per heavy atom. The van der Waals surface area contributed by atoms with Gasteiger partial charge in [-0.3, -0.25) is 0 Å².